The minimum Gasteiger partial charge on any atom is -0.466 e. The number of benzene rings is 1. The van der Waals surface area contributed by atoms with Crippen LogP contribution in [0, 0.1) is 13.8 Å². The monoisotopic (exact) mass is 272 g/mol. The molecule has 0 spiro atoms. The molecule has 2 aromatic rings. The lowest BCUT2D eigenvalue weighted by Gasteiger charge is -2.14. The van der Waals surface area contributed by atoms with E-state index in [1.807, 2.05) is 0 Å². The second-order valence-electron chi connectivity index (χ2n) is 4.02. The van der Waals surface area contributed by atoms with E-state index in [-0.39, 0.29) is 10.5 Å². The molecule has 0 saturated heterocycles. The Morgan fingerprint density at radius 1 is 1.17 bits per heavy atom. The Balaban J connectivity index is 2.74. The highest BCUT2D eigenvalue weighted by Gasteiger charge is 2.35. The molecule has 18 heavy (non-hydrogen) atoms. The zero-order valence-corrected chi connectivity index (χ0v) is 10.7. The van der Waals surface area contributed by atoms with Gasteiger partial charge in [-0.05, 0) is 32.0 Å². The first-order valence-electron chi connectivity index (χ1n) is 5.27. The van der Waals surface area contributed by atoms with Gasteiger partial charge < -0.3 is 4.42 Å². The fraction of sp³-hybridized carbons (Fsp3) is 0.231. The summed E-state index contributed by atoms with van der Waals surface area (Å²) in [5, 5.41) is 0. The van der Waals surface area contributed by atoms with Crippen molar-refractivity contribution in [2.75, 3.05) is 0 Å². The Labute approximate surface area is 108 Å². The predicted octanol–water partition coefficient (Wildman–Crippen LogP) is 4.87. The molecule has 1 aromatic heterocycles. The normalized spacial score (nSPS) is 11.9. The summed E-state index contributed by atoms with van der Waals surface area (Å²) in [6.45, 7) is 3.34. The summed E-state index contributed by atoms with van der Waals surface area (Å²) in [5.41, 5.74) is -0.188. The van der Waals surface area contributed by atoms with Crippen molar-refractivity contribution in [2.45, 2.75) is 24.9 Å². The van der Waals surface area contributed by atoms with Crippen LogP contribution in [0.2, 0.25) is 0 Å². The molecule has 1 nitrogen and oxygen atoms in total. The third-order valence-electron chi connectivity index (χ3n) is 2.66. The number of thiol groups is 1. The van der Waals surface area contributed by atoms with Gasteiger partial charge in [-0.15, -0.1) is 12.6 Å². The summed E-state index contributed by atoms with van der Waals surface area (Å²) >= 11 is 4.13. The molecule has 2 rings (SSSR count). The van der Waals surface area contributed by atoms with Crippen molar-refractivity contribution in [1.29, 1.82) is 0 Å². The molecule has 1 aromatic carbocycles. The molecule has 0 aliphatic rings. The number of hydrogen-bond donors (Lipinski definition) is 1. The van der Waals surface area contributed by atoms with Crippen LogP contribution in [0.4, 0.5) is 13.2 Å². The van der Waals surface area contributed by atoms with Gasteiger partial charge >= 0.3 is 6.18 Å². The summed E-state index contributed by atoms with van der Waals surface area (Å²) in [5.74, 6) is 1.03. The molecule has 0 aliphatic heterocycles. The van der Waals surface area contributed by atoms with Crippen molar-refractivity contribution >= 4 is 12.6 Å². The van der Waals surface area contributed by atoms with E-state index < -0.39 is 11.7 Å². The second kappa shape index (κ2) is 4.39. The Hall–Kier alpha value is -1.36. The van der Waals surface area contributed by atoms with Gasteiger partial charge in [0.1, 0.15) is 11.5 Å². The minimum atomic E-state index is -4.41. The molecule has 0 bridgehead atoms. The number of hydrogen-bond acceptors (Lipinski definition) is 2. The summed E-state index contributed by atoms with van der Waals surface area (Å²) in [6.07, 6.45) is -4.41. The number of halogens is 3. The molecule has 0 N–H and O–H groups in total. The van der Waals surface area contributed by atoms with Gasteiger partial charge in [-0.2, -0.15) is 13.2 Å². The fourth-order valence-electron chi connectivity index (χ4n) is 1.94. The lowest BCUT2D eigenvalue weighted by atomic mass is 9.99. The highest BCUT2D eigenvalue weighted by Crippen LogP contribution is 2.41. The Kier molecular flexibility index (Phi) is 3.19. The highest BCUT2D eigenvalue weighted by atomic mass is 32.1. The number of alkyl halides is 3. The summed E-state index contributed by atoms with van der Waals surface area (Å²) < 4.78 is 44.3. The van der Waals surface area contributed by atoms with Crippen LogP contribution in [0.5, 0.6) is 0 Å². The van der Waals surface area contributed by atoms with E-state index in [2.05, 4.69) is 12.6 Å². The first-order valence-corrected chi connectivity index (χ1v) is 5.72. The maximum Gasteiger partial charge on any atom is 0.417 e. The minimum absolute atomic E-state index is 0.0719. The zero-order chi connectivity index (χ0) is 13.5. The topological polar surface area (TPSA) is 13.1 Å². The van der Waals surface area contributed by atoms with Crippen LogP contribution in [0.3, 0.4) is 0 Å². The quantitative estimate of drug-likeness (QED) is 0.731. The van der Waals surface area contributed by atoms with Crippen molar-refractivity contribution in [3.63, 3.8) is 0 Å². The van der Waals surface area contributed by atoms with Crippen LogP contribution in [-0.2, 0) is 6.18 Å². The molecule has 1 heterocycles. The average Bonchev–Trinajstić information content (AvgIpc) is 2.56. The highest BCUT2D eigenvalue weighted by molar-refractivity contribution is 7.80. The molecule has 0 fully saturated rings. The van der Waals surface area contributed by atoms with Crippen molar-refractivity contribution in [3.8, 4) is 11.1 Å². The van der Waals surface area contributed by atoms with Gasteiger partial charge in [-0.1, -0.05) is 6.07 Å². The van der Waals surface area contributed by atoms with E-state index in [1.54, 1.807) is 19.9 Å². The molecule has 0 unspecified atom stereocenters. The Morgan fingerprint density at radius 2 is 1.83 bits per heavy atom. The summed E-state index contributed by atoms with van der Waals surface area (Å²) in [6, 6.07) is 5.53. The molecule has 5 heteroatoms. The molecule has 0 aliphatic carbocycles. The second-order valence-corrected chi connectivity index (χ2v) is 4.51. The first kappa shape index (κ1) is 13.1. The van der Waals surface area contributed by atoms with E-state index in [9.17, 15) is 13.2 Å². The smallest absolute Gasteiger partial charge is 0.417 e. The molecule has 96 valence electrons. The predicted molar refractivity (Wildman–Crippen MR) is 65.9 cm³/mol. The van der Waals surface area contributed by atoms with Crippen LogP contribution in [0.15, 0.2) is 33.6 Å². The van der Waals surface area contributed by atoms with Crippen molar-refractivity contribution in [3.05, 3.63) is 41.3 Å². The van der Waals surface area contributed by atoms with Gasteiger partial charge in [0, 0.05) is 16.0 Å². The first-order chi connectivity index (χ1) is 8.30. The summed E-state index contributed by atoms with van der Waals surface area (Å²) in [4.78, 5) is 0.286. The Bertz CT molecular complexity index is 584. The molecule has 0 saturated carbocycles. The lowest BCUT2D eigenvalue weighted by Crippen LogP contribution is -2.07. The van der Waals surface area contributed by atoms with Crippen LogP contribution in [0.1, 0.15) is 17.1 Å². The number of aryl methyl sites for hydroxylation is 2. The molecule has 0 amide bonds. The molecular formula is C13H11F3OS. The van der Waals surface area contributed by atoms with Gasteiger partial charge in [0.15, 0.2) is 0 Å². The molecule has 0 radical (unpaired) electrons. The zero-order valence-electron chi connectivity index (χ0n) is 9.80. The van der Waals surface area contributed by atoms with E-state index in [0.29, 0.717) is 17.1 Å². The maximum absolute atomic E-state index is 13.0. The van der Waals surface area contributed by atoms with Crippen molar-refractivity contribution < 1.29 is 17.6 Å². The molecular weight excluding hydrogens is 261 g/mol. The number of furan rings is 1. The largest absolute Gasteiger partial charge is 0.466 e. The van der Waals surface area contributed by atoms with Crippen molar-refractivity contribution in [1.82, 2.24) is 0 Å². The van der Waals surface area contributed by atoms with Crippen molar-refractivity contribution in [2.24, 2.45) is 0 Å². The van der Waals surface area contributed by atoms with Crippen LogP contribution in [0.25, 0.3) is 11.1 Å². The van der Waals surface area contributed by atoms with E-state index >= 15 is 0 Å². The summed E-state index contributed by atoms with van der Waals surface area (Å²) in [7, 11) is 0. The van der Waals surface area contributed by atoms with E-state index in [1.165, 1.54) is 12.1 Å². The van der Waals surface area contributed by atoms with Crippen LogP contribution in [-0.4, -0.2) is 0 Å². The Morgan fingerprint density at radius 3 is 2.33 bits per heavy atom. The molecule has 0 atom stereocenters. The SMILES string of the molecule is Cc1cc(-c2c(S)cccc2C(F)(F)F)c(C)o1. The van der Waals surface area contributed by atoms with Crippen LogP contribution < -0.4 is 0 Å². The van der Waals surface area contributed by atoms with E-state index in [0.717, 1.165) is 6.07 Å². The average molecular weight is 272 g/mol. The lowest BCUT2D eigenvalue weighted by molar-refractivity contribution is -0.137. The fourth-order valence-corrected chi connectivity index (χ4v) is 2.27. The third-order valence-corrected chi connectivity index (χ3v) is 3.03. The van der Waals surface area contributed by atoms with Gasteiger partial charge in [-0.3, -0.25) is 0 Å². The van der Waals surface area contributed by atoms with Gasteiger partial charge in [0.05, 0.1) is 5.56 Å². The van der Waals surface area contributed by atoms with Gasteiger partial charge in [0.25, 0.3) is 0 Å². The standard InChI is InChI=1S/C13H11F3OS/c1-7-6-9(8(2)17-7)12-10(13(14,15)16)4-3-5-11(12)18/h3-6,18H,1-2H3. The van der Waals surface area contributed by atoms with Crippen LogP contribution >= 0.6 is 12.6 Å². The van der Waals surface area contributed by atoms with Gasteiger partial charge in [-0.25, -0.2) is 0 Å². The van der Waals surface area contributed by atoms with E-state index in [4.69, 9.17) is 4.42 Å². The number of rotatable bonds is 1. The van der Waals surface area contributed by atoms with Gasteiger partial charge in [0.2, 0.25) is 0 Å². The third kappa shape index (κ3) is 2.27. The maximum atomic E-state index is 13.0.